The number of hydrogen-bond acceptors (Lipinski definition) is 5. The fraction of sp³-hybridized carbons (Fsp3) is 0.143. The van der Waals surface area contributed by atoms with Crippen molar-refractivity contribution in [1.29, 1.82) is 0 Å². The first kappa shape index (κ1) is 9.90. The van der Waals surface area contributed by atoms with Crippen molar-refractivity contribution in [1.82, 2.24) is 15.3 Å². The van der Waals surface area contributed by atoms with Crippen LogP contribution in [0.25, 0.3) is 0 Å². The van der Waals surface area contributed by atoms with Gasteiger partial charge in [-0.25, -0.2) is 9.97 Å². The van der Waals surface area contributed by atoms with E-state index in [0.29, 0.717) is 0 Å². The van der Waals surface area contributed by atoms with E-state index in [-0.39, 0.29) is 11.6 Å². The molecule has 0 aliphatic heterocycles. The van der Waals surface area contributed by atoms with Crippen LogP contribution in [0, 0.1) is 0 Å². The van der Waals surface area contributed by atoms with Gasteiger partial charge < -0.3 is 16.2 Å². The van der Waals surface area contributed by atoms with Gasteiger partial charge in [-0.05, 0) is 6.07 Å². The minimum absolute atomic E-state index is 0.147. The first-order chi connectivity index (χ1) is 6.59. The summed E-state index contributed by atoms with van der Waals surface area (Å²) in [5, 5.41) is 10.4. The lowest BCUT2D eigenvalue weighted by molar-refractivity contribution is -0.135. The lowest BCUT2D eigenvalue weighted by atomic mass is 10.5. The number of nitrogens with one attached hydrogen (secondary N) is 1. The van der Waals surface area contributed by atoms with Gasteiger partial charge in [0.25, 0.3) is 5.91 Å². The average Bonchev–Trinajstić information content (AvgIpc) is 2.14. The topological polar surface area (TPSA) is 118 Å². The van der Waals surface area contributed by atoms with E-state index in [4.69, 9.17) is 10.8 Å². The Balaban J connectivity index is 2.65. The summed E-state index contributed by atoms with van der Waals surface area (Å²) >= 11 is 0. The lowest BCUT2D eigenvalue weighted by Crippen LogP contribution is -2.30. The number of carboxylic acids is 1. The number of anilines is 1. The van der Waals surface area contributed by atoms with Crippen LogP contribution >= 0.6 is 0 Å². The molecule has 7 heteroatoms. The number of amides is 1. The normalized spacial score (nSPS) is 9.43. The van der Waals surface area contributed by atoms with Crippen molar-refractivity contribution in [2.45, 2.75) is 0 Å². The molecule has 1 aromatic rings. The summed E-state index contributed by atoms with van der Waals surface area (Å²) in [4.78, 5) is 28.5. The minimum Gasteiger partial charge on any atom is -0.480 e. The molecule has 7 nitrogen and oxygen atoms in total. The van der Waals surface area contributed by atoms with Crippen LogP contribution in [-0.4, -0.2) is 33.5 Å². The highest BCUT2D eigenvalue weighted by Crippen LogP contribution is 1.95. The summed E-state index contributed by atoms with van der Waals surface area (Å²) in [5.74, 6) is -1.80. The van der Waals surface area contributed by atoms with Crippen LogP contribution in [0.3, 0.4) is 0 Å². The number of rotatable bonds is 3. The zero-order valence-corrected chi connectivity index (χ0v) is 7.10. The minimum atomic E-state index is -1.14. The Labute approximate surface area is 79.0 Å². The largest absolute Gasteiger partial charge is 0.480 e. The molecule has 0 bridgehead atoms. The van der Waals surface area contributed by atoms with Gasteiger partial charge in [0.15, 0.2) is 0 Å². The van der Waals surface area contributed by atoms with Crippen molar-refractivity contribution in [2.24, 2.45) is 0 Å². The summed E-state index contributed by atoms with van der Waals surface area (Å²) in [7, 11) is 0. The molecule has 1 heterocycles. The Bertz CT molecular complexity index is 366. The van der Waals surface area contributed by atoms with Gasteiger partial charge in [0.2, 0.25) is 5.82 Å². The molecule has 1 amide bonds. The van der Waals surface area contributed by atoms with E-state index in [9.17, 15) is 9.59 Å². The zero-order chi connectivity index (χ0) is 10.6. The van der Waals surface area contributed by atoms with Gasteiger partial charge >= 0.3 is 5.97 Å². The molecule has 0 aliphatic carbocycles. The lowest BCUT2D eigenvalue weighted by Gasteiger charge is -2.00. The van der Waals surface area contributed by atoms with Gasteiger partial charge in [-0.3, -0.25) is 9.59 Å². The smallest absolute Gasteiger partial charge is 0.322 e. The predicted octanol–water partition coefficient (Wildman–Crippen LogP) is -1.13. The maximum Gasteiger partial charge on any atom is 0.322 e. The quantitative estimate of drug-likeness (QED) is 0.563. The highest BCUT2D eigenvalue weighted by Gasteiger charge is 2.09. The van der Waals surface area contributed by atoms with Crippen LogP contribution in [0.15, 0.2) is 12.3 Å². The van der Waals surface area contributed by atoms with Crippen LogP contribution in [0.4, 0.5) is 5.82 Å². The molecule has 0 radical (unpaired) electrons. The predicted molar refractivity (Wildman–Crippen MR) is 46.4 cm³/mol. The SMILES string of the molecule is Nc1ccnc(C(=O)NCC(=O)O)n1. The van der Waals surface area contributed by atoms with E-state index in [1.54, 1.807) is 0 Å². The Hall–Kier alpha value is -2.18. The Morgan fingerprint density at radius 1 is 1.57 bits per heavy atom. The van der Waals surface area contributed by atoms with Gasteiger partial charge in [-0.15, -0.1) is 0 Å². The highest BCUT2D eigenvalue weighted by molar-refractivity contribution is 5.92. The first-order valence-corrected chi connectivity index (χ1v) is 3.68. The van der Waals surface area contributed by atoms with Crippen LogP contribution in [-0.2, 0) is 4.79 Å². The first-order valence-electron chi connectivity index (χ1n) is 3.68. The molecule has 0 spiro atoms. The van der Waals surface area contributed by atoms with Gasteiger partial charge in [0.05, 0.1) is 0 Å². The Kier molecular flexibility index (Phi) is 2.95. The second kappa shape index (κ2) is 4.17. The molecule has 0 saturated carbocycles. The molecular weight excluding hydrogens is 188 g/mol. The van der Waals surface area contributed by atoms with Crippen molar-refractivity contribution < 1.29 is 14.7 Å². The van der Waals surface area contributed by atoms with Crippen molar-refractivity contribution in [2.75, 3.05) is 12.3 Å². The molecule has 4 N–H and O–H groups in total. The number of carbonyl (C=O) groups excluding carboxylic acids is 1. The van der Waals surface area contributed by atoms with Crippen LogP contribution in [0.5, 0.6) is 0 Å². The monoisotopic (exact) mass is 196 g/mol. The molecule has 0 saturated heterocycles. The number of carbonyl (C=O) groups is 2. The molecular formula is C7H8N4O3. The van der Waals surface area contributed by atoms with Crippen molar-refractivity contribution in [3.05, 3.63) is 18.1 Å². The Morgan fingerprint density at radius 3 is 2.86 bits per heavy atom. The second-order valence-corrected chi connectivity index (χ2v) is 2.38. The van der Waals surface area contributed by atoms with E-state index < -0.39 is 18.4 Å². The van der Waals surface area contributed by atoms with Crippen LogP contribution in [0.1, 0.15) is 10.6 Å². The number of nitrogens with zero attached hydrogens (tertiary/aromatic N) is 2. The molecule has 1 rings (SSSR count). The zero-order valence-electron chi connectivity index (χ0n) is 7.10. The van der Waals surface area contributed by atoms with Gasteiger partial charge in [-0.2, -0.15) is 0 Å². The molecule has 0 unspecified atom stereocenters. The third-order valence-corrected chi connectivity index (χ3v) is 1.28. The van der Waals surface area contributed by atoms with E-state index in [0.717, 1.165) is 0 Å². The van der Waals surface area contributed by atoms with Gasteiger partial charge in [-0.1, -0.05) is 0 Å². The van der Waals surface area contributed by atoms with Crippen LogP contribution in [0.2, 0.25) is 0 Å². The van der Waals surface area contributed by atoms with E-state index in [2.05, 4.69) is 15.3 Å². The molecule has 0 fully saturated rings. The summed E-state index contributed by atoms with van der Waals surface area (Å²) in [6, 6.07) is 1.42. The van der Waals surface area contributed by atoms with E-state index in [1.165, 1.54) is 12.3 Å². The van der Waals surface area contributed by atoms with Gasteiger partial charge in [0.1, 0.15) is 12.4 Å². The fourth-order valence-electron chi connectivity index (χ4n) is 0.717. The highest BCUT2D eigenvalue weighted by atomic mass is 16.4. The second-order valence-electron chi connectivity index (χ2n) is 2.38. The maximum atomic E-state index is 11.1. The number of nitrogen functional groups attached to an aromatic ring is 1. The van der Waals surface area contributed by atoms with Crippen molar-refractivity contribution >= 4 is 17.7 Å². The van der Waals surface area contributed by atoms with E-state index >= 15 is 0 Å². The van der Waals surface area contributed by atoms with Crippen LogP contribution < -0.4 is 11.1 Å². The summed E-state index contributed by atoms with van der Waals surface area (Å²) in [6.07, 6.45) is 1.32. The Morgan fingerprint density at radius 2 is 2.29 bits per heavy atom. The van der Waals surface area contributed by atoms with Crippen molar-refractivity contribution in [3.63, 3.8) is 0 Å². The average molecular weight is 196 g/mol. The summed E-state index contributed by atoms with van der Waals surface area (Å²) < 4.78 is 0. The third kappa shape index (κ3) is 2.70. The summed E-state index contributed by atoms with van der Waals surface area (Å²) in [5.41, 5.74) is 5.30. The molecule has 74 valence electrons. The number of nitrogens with two attached hydrogens (primary N) is 1. The number of aliphatic carboxylic acids is 1. The molecule has 0 atom stereocenters. The number of aromatic nitrogens is 2. The molecule has 0 aliphatic rings. The standard InChI is InChI=1S/C7H8N4O3/c8-4-1-2-9-6(11-4)7(14)10-3-5(12)13/h1-2H,3H2,(H,10,14)(H,12,13)(H2,8,9,11). The fourth-order valence-corrected chi connectivity index (χ4v) is 0.717. The molecule has 1 aromatic heterocycles. The number of hydrogen-bond donors (Lipinski definition) is 3. The molecule has 14 heavy (non-hydrogen) atoms. The molecule has 0 aromatic carbocycles. The van der Waals surface area contributed by atoms with Gasteiger partial charge in [0, 0.05) is 6.20 Å². The van der Waals surface area contributed by atoms with Crippen molar-refractivity contribution in [3.8, 4) is 0 Å². The maximum absolute atomic E-state index is 11.1. The van der Waals surface area contributed by atoms with E-state index in [1.807, 2.05) is 0 Å². The summed E-state index contributed by atoms with van der Waals surface area (Å²) in [6.45, 7) is -0.475. The number of carboxylic acid groups (broad SMARTS) is 1. The third-order valence-electron chi connectivity index (χ3n) is 1.28.